The highest BCUT2D eigenvalue weighted by Crippen LogP contribution is 2.45. The number of nitrogens with zero attached hydrogens (tertiary/aromatic N) is 3. The van der Waals surface area contributed by atoms with Gasteiger partial charge in [0.25, 0.3) is 0 Å². The van der Waals surface area contributed by atoms with Crippen LogP contribution in [0.1, 0.15) is 0 Å². The molecule has 0 N–H and O–H groups in total. The van der Waals surface area contributed by atoms with Gasteiger partial charge < -0.3 is 8.83 Å². The van der Waals surface area contributed by atoms with Crippen molar-refractivity contribution in [2.24, 2.45) is 0 Å². The Kier molecular flexibility index (Phi) is 3.78. The first-order valence-corrected chi connectivity index (χ1v) is 14.4. The van der Waals surface area contributed by atoms with Crippen LogP contribution in [0.2, 0.25) is 0 Å². The third-order valence-corrected chi connectivity index (χ3v) is 9.09. The van der Waals surface area contributed by atoms with Crippen molar-refractivity contribution in [2.75, 3.05) is 0 Å². The highest BCUT2D eigenvalue weighted by molar-refractivity contribution is 6.32. The molecule has 5 heterocycles. The molecule has 5 heteroatoms. The van der Waals surface area contributed by atoms with Crippen LogP contribution in [0, 0.1) is 0 Å². The Balaban J connectivity index is 1.35. The number of fused-ring (bicyclic) bond motifs is 14. The molecule has 0 aliphatic carbocycles. The van der Waals surface area contributed by atoms with Crippen LogP contribution in [0.3, 0.4) is 0 Å². The number of hydrogen-bond donors (Lipinski definition) is 0. The van der Waals surface area contributed by atoms with Crippen molar-refractivity contribution < 1.29 is 8.83 Å². The molecule has 0 saturated heterocycles. The molecule has 0 aliphatic heterocycles. The van der Waals surface area contributed by atoms with Gasteiger partial charge in [-0.25, -0.2) is 9.97 Å². The lowest BCUT2D eigenvalue weighted by molar-refractivity contribution is 0.668. The van der Waals surface area contributed by atoms with Crippen molar-refractivity contribution in [2.45, 2.75) is 0 Å². The quantitative estimate of drug-likeness (QED) is 0.204. The monoisotopic (exact) mass is 549 g/mol. The van der Waals surface area contributed by atoms with E-state index in [9.17, 15) is 0 Å². The minimum atomic E-state index is 0.870. The van der Waals surface area contributed by atoms with Gasteiger partial charge in [-0.1, -0.05) is 54.6 Å². The Hall–Kier alpha value is -5.94. The second kappa shape index (κ2) is 7.46. The fraction of sp³-hybridized carbons (Fsp3) is 0. The molecule has 0 atom stereocenters. The molecule has 0 bridgehead atoms. The van der Waals surface area contributed by atoms with Gasteiger partial charge in [0, 0.05) is 37.7 Å². The molecule has 0 radical (unpaired) electrons. The maximum absolute atomic E-state index is 6.34. The predicted molar refractivity (Wildman–Crippen MR) is 174 cm³/mol. The second-order valence-corrected chi connectivity index (χ2v) is 11.4. The summed E-state index contributed by atoms with van der Waals surface area (Å²) in [5.74, 6) is 0. The van der Waals surface area contributed by atoms with Gasteiger partial charge in [-0.05, 0) is 71.8 Å². The first-order valence-electron chi connectivity index (χ1n) is 14.4. The molecule has 5 aromatic heterocycles. The summed E-state index contributed by atoms with van der Waals surface area (Å²) in [6, 6.07) is 40.0. The lowest BCUT2D eigenvalue weighted by atomic mass is 9.97. The van der Waals surface area contributed by atoms with E-state index in [0.717, 1.165) is 93.6 Å². The Bertz CT molecular complexity index is 2960. The topological polar surface area (TPSA) is 56.5 Å². The molecular formula is C38H19N3O2. The molecule has 11 aromatic rings. The van der Waals surface area contributed by atoms with Crippen LogP contribution >= 0.6 is 0 Å². The zero-order valence-corrected chi connectivity index (χ0v) is 22.6. The number of furan rings is 2. The van der Waals surface area contributed by atoms with Gasteiger partial charge in [0.05, 0.1) is 22.1 Å². The smallest absolute Gasteiger partial charge is 0.165 e. The number of benzene rings is 6. The lowest BCUT2D eigenvalue weighted by Crippen LogP contribution is -1.89. The van der Waals surface area contributed by atoms with E-state index < -0.39 is 0 Å². The Labute approximate surface area is 242 Å². The molecular weight excluding hydrogens is 530 g/mol. The third-order valence-electron chi connectivity index (χ3n) is 9.09. The van der Waals surface area contributed by atoms with E-state index >= 15 is 0 Å². The van der Waals surface area contributed by atoms with Gasteiger partial charge in [-0.2, -0.15) is 0 Å². The number of hydrogen-bond acceptors (Lipinski definition) is 4. The summed E-state index contributed by atoms with van der Waals surface area (Å²) in [7, 11) is 0. The SMILES string of the molecule is c1ccc2nc3c(nc2c1)c1cc(-c2ccc4oc5ccccc5c4c2)cc2c4c5c(ccc4n3c12)oc1ccccc15. The van der Waals surface area contributed by atoms with Gasteiger partial charge in [0.15, 0.2) is 5.65 Å². The van der Waals surface area contributed by atoms with E-state index in [1.807, 2.05) is 48.5 Å². The standard InChI is InChI=1S/C38H19N3O2/c1-5-11-30-22(7-1)24-17-20(13-15-32(24)42-30)21-18-25-34-29(14-16-33-35(34)23-8-2-6-12-31(23)43-33)41-37(25)26(19-21)36-38(41)40-28-10-4-3-9-27(28)39-36/h1-19H. The number of rotatable bonds is 1. The molecule has 5 nitrogen and oxygen atoms in total. The molecule has 0 aliphatic rings. The van der Waals surface area contributed by atoms with Crippen molar-refractivity contribution in [3.8, 4) is 11.1 Å². The van der Waals surface area contributed by atoms with Crippen molar-refractivity contribution in [3.05, 3.63) is 115 Å². The van der Waals surface area contributed by atoms with Crippen LogP contribution in [0.25, 0.3) is 104 Å². The van der Waals surface area contributed by atoms with Gasteiger partial charge in [-0.3, -0.25) is 4.40 Å². The zero-order valence-electron chi connectivity index (χ0n) is 22.6. The van der Waals surface area contributed by atoms with Crippen LogP contribution in [0.15, 0.2) is 124 Å². The summed E-state index contributed by atoms with van der Waals surface area (Å²) in [5.41, 5.74) is 11.6. The summed E-state index contributed by atoms with van der Waals surface area (Å²) in [6.07, 6.45) is 0. The zero-order chi connectivity index (χ0) is 27.8. The van der Waals surface area contributed by atoms with Crippen LogP contribution in [-0.2, 0) is 0 Å². The first kappa shape index (κ1) is 21.8. The van der Waals surface area contributed by atoms with Crippen molar-refractivity contribution >= 4 is 93.3 Å². The fourth-order valence-electron chi connectivity index (χ4n) is 7.25. The average Bonchev–Trinajstić information content (AvgIpc) is 3.79. The molecule has 198 valence electrons. The van der Waals surface area contributed by atoms with E-state index in [4.69, 9.17) is 18.8 Å². The van der Waals surface area contributed by atoms with Crippen LogP contribution in [0.5, 0.6) is 0 Å². The van der Waals surface area contributed by atoms with Gasteiger partial charge in [0.2, 0.25) is 0 Å². The summed E-state index contributed by atoms with van der Waals surface area (Å²) in [4.78, 5) is 10.4. The molecule has 11 rings (SSSR count). The summed E-state index contributed by atoms with van der Waals surface area (Å²) in [5, 5.41) is 7.92. The molecule has 0 unspecified atom stereocenters. The minimum absolute atomic E-state index is 0.870. The normalized spacial score (nSPS) is 12.7. The summed E-state index contributed by atoms with van der Waals surface area (Å²) < 4.78 is 14.8. The Morgan fingerprint density at radius 3 is 2.00 bits per heavy atom. The predicted octanol–water partition coefficient (Wildman–Crippen LogP) is 10.2. The largest absolute Gasteiger partial charge is 0.456 e. The minimum Gasteiger partial charge on any atom is -0.456 e. The van der Waals surface area contributed by atoms with E-state index in [1.54, 1.807) is 0 Å². The van der Waals surface area contributed by atoms with Gasteiger partial charge >= 0.3 is 0 Å². The van der Waals surface area contributed by atoms with Crippen molar-refractivity contribution in [3.63, 3.8) is 0 Å². The van der Waals surface area contributed by atoms with Gasteiger partial charge in [0.1, 0.15) is 27.8 Å². The highest BCUT2D eigenvalue weighted by Gasteiger charge is 2.24. The van der Waals surface area contributed by atoms with Crippen LogP contribution < -0.4 is 0 Å². The van der Waals surface area contributed by atoms with Gasteiger partial charge in [-0.15, -0.1) is 0 Å². The fourth-order valence-corrected chi connectivity index (χ4v) is 7.25. The molecule has 0 fully saturated rings. The van der Waals surface area contributed by atoms with Crippen LogP contribution in [0.4, 0.5) is 0 Å². The maximum atomic E-state index is 6.34. The maximum Gasteiger partial charge on any atom is 0.165 e. The van der Waals surface area contributed by atoms with Crippen LogP contribution in [-0.4, -0.2) is 14.4 Å². The molecule has 43 heavy (non-hydrogen) atoms. The number of para-hydroxylation sites is 4. The lowest BCUT2D eigenvalue weighted by Gasteiger charge is -2.05. The van der Waals surface area contributed by atoms with E-state index in [1.165, 1.54) is 10.8 Å². The molecule has 0 saturated carbocycles. The highest BCUT2D eigenvalue weighted by atomic mass is 16.3. The summed E-state index contributed by atoms with van der Waals surface area (Å²) >= 11 is 0. The van der Waals surface area contributed by atoms with Crippen molar-refractivity contribution in [1.82, 2.24) is 14.4 Å². The van der Waals surface area contributed by atoms with E-state index in [-0.39, 0.29) is 0 Å². The third kappa shape index (κ3) is 2.67. The molecule has 0 spiro atoms. The summed E-state index contributed by atoms with van der Waals surface area (Å²) in [6.45, 7) is 0. The van der Waals surface area contributed by atoms with E-state index in [0.29, 0.717) is 0 Å². The molecule has 6 aromatic carbocycles. The second-order valence-electron chi connectivity index (χ2n) is 11.4. The first-order chi connectivity index (χ1) is 21.3. The Morgan fingerprint density at radius 2 is 1.12 bits per heavy atom. The Morgan fingerprint density at radius 1 is 0.465 bits per heavy atom. The van der Waals surface area contributed by atoms with Crippen molar-refractivity contribution in [1.29, 1.82) is 0 Å². The number of aromatic nitrogens is 3. The molecule has 0 amide bonds. The average molecular weight is 550 g/mol. The van der Waals surface area contributed by atoms with E-state index in [2.05, 4.69) is 71.1 Å².